The fourth-order valence-corrected chi connectivity index (χ4v) is 3.02. The molecule has 1 aliphatic heterocycles. The van der Waals surface area contributed by atoms with Crippen LogP contribution in [0.5, 0.6) is 0 Å². The lowest BCUT2D eigenvalue weighted by molar-refractivity contribution is 0.368. The number of aromatic nitrogens is 3. The summed E-state index contributed by atoms with van der Waals surface area (Å²) in [5, 5.41) is 4.57. The van der Waals surface area contributed by atoms with E-state index in [4.69, 9.17) is 0 Å². The molecule has 2 aromatic rings. The van der Waals surface area contributed by atoms with Crippen LogP contribution in [0.3, 0.4) is 0 Å². The monoisotopic (exact) mass is 300 g/mol. The van der Waals surface area contributed by atoms with E-state index in [1.165, 1.54) is 22.3 Å². The number of benzene rings is 1. The molecule has 1 aromatic heterocycles. The third-order valence-electron chi connectivity index (χ3n) is 4.53. The van der Waals surface area contributed by atoms with Gasteiger partial charge in [0.25, 0.3) is 0 Å². The lowest BCUT2D eigenvalue weighted by Crippen LogP contribution is -2.29. The predicted molar refractivity (Wildman–Crippen MR) is 87.5 cm³/mol. The van der Waals surface area contributed by atoms with Gasteiger partial charge in [-0.3, -0.25) is 4.57 Å². The van der Waals surface area contributed by atoms with Gasteiger partial charge in [-0.2, -0.15) is 5.10 Å². The van der Waals surface area contributed by atoms with Gasteiger partial charge in [0.1, 0.15) is 5.82 Å². The van der Waals surface area contributed by atoms with Gasteiger partial charge in [-0.15, -0.1) is 0 Å². The van der Waals surface area contributed by atoms with E-state index in [9.17, 15) is 4.79 Å². The third kappa shape index (κ3) is 2.73. The zero-order valence-electron chi connectivity index (χ0n) is 13.9. The minimum absolute atomic E-state index is 0.0260. The molecule has 0 bridgehead atoms. The summed E-state index contributed by atoms with van der Waals surface area (Å²) in [6.07, 6.45) is 1.66. The number of fused-ring (bicyclic) bond motifs is 2. The minimum Gasteiger partial charge on any atom is -0.308 e. The van der Waals surface area contributed by atoms with Crippen molar-refractivity contribution in [1.29, 1.82) is 0 Å². The number of nitrogens with zero attached hydrogens (tertiary/aromatic N) is 4. The summed E-state index contributed by atoms with van der Waals surface area (Å²) in [7, 11) is 4.01. The van der Waals surface area contributed by atoms with Gasteiger partial charge in [0.05, 0.1) is 6.54 Å². The smallest absolute Gasteiger partial charge is 0.308 e. The Morgan fingerprint density at radius 3 is 2.55 bits per heavy atom. The van der Waals surface area contributed by atoms with Crippen LogP contribution in [0.25, 0.3) is 0 Å². The van der Waals surface area contributed by atoms with E-state index in [0.29, 0.717) is 6.54 Å². The summed E-state index contributed by atoms with van der Waals surface area (Å²) in [6.45, 7) is 6.49. The molecule has 5 nitrogen and oxygen atoms in total. The summed E-state index contributed by atoms with van der Waals surface area (Å²) in [5.74, 6) is 0.894. The van der Waals surface area contributed by atoms with Crippen LogP contribution >= 0.6 is 0 Å². The number of rotatable bonds is 3. The molecule has 0 spiro atoms. The Morgan fingerprint density at radius 1 is 1.18 bits per heavy atom. The Hall–Kier alpha value is -1.88. The topological polar surface area (TPSA) is 43.1 Å². The number of hydrogen-bond acceptors (Lipinski definition) is 3. The second-order valence-corrected chi connectivity index (χ2v) is 6.51. The maximum atomic E-state index is 12.5. The van der Waals surface area contributed by atoms with Gasteiger partial charge < -0.3 is 4.90 Å². The molecule has 0 aliphatic carbocycles. The van der Waals surface area contributed by atoms with Crippen LogP contribution in [0.1, 0.15) is 28.1 Å². The van der Waals surface area contributed by atoms with Gasteiger partial charge in [-0.1, -0.05) is 12.1 Å². The molecule has 0 saturated carbocycles. The Labute approximate surface area is 131 Å². The Morgan fingerprint density at radius 2 is 1.86 bits per heavy atom. The van der Waals surface area contributed by atoms with Crippen LogP contribution in [0.4, 0.5) is 0 Å². The zero-order valence-corrected chi connectivity index (χ0v) is 13.9. The number of hydrogen-bond donors (Lipinski definition) is 0. The molecule has 0 N–H and O–H groups in total. The van der Waals surface area contributed by atoms with Crippen molar-refractivity contribution >= 4 is 0 Å². The summed E-state index contributed by atoms with van der Waals surface area (Å²) in [5.41, 5.74) is 5.32. The van der Waals surface area contributed by atoms with Gasteiger partial charge in [-0.05, 0) is 56.6 Å². The van der Waals surface area contributed by atoms with Gasteiger partial charge in [0, 0.05) is 19.5 Å². The van der Waals surface area contributed by atoms with Crippen molar-refractivity contribution in [2.75, 3.05) is 20.6 Å². The van der Waals surface area contributed by atoms with Crippen molar-refractivity contribution in [2.45, 2.75) is 39.8 Å². The molecule has 0 radical (unpaired) electrons. The first-order valence-corrected chi connectivity index (χ1v) is 7.86. The molecule has 1 aromatic carbocycles. The highest BCUT2D eigenvalue weighted by atomic mass is 16.2. The minimum atomic E-state index is 0.0260. The molecule has 0 fully saturated rings. The lowest BCUT2D eigenvalue weighted by Gasteiger charge is -2.10. The van der Waals surface area contributed by atoms with Crippen molar-refractivity contribution in [3.8, 4) is 0 Å². The second-order valence-electron chi connectivity index (χ2n) is 6.51. The fraction of sp³-hybridized carbons (Fsp3) is 0.529. The van der Waals surface area contributed by atoms with E-state index >= 15 is 0 Å². The number of aryl methyl sites for hydroxylation is 3. The van der Waals surface area contributed by atoms with E-state index < -0.39 is 0 Å². The van der Waals surface area contributed by atoms with E-state index in [0.717, 1.165) is 31.8 Å². The largest absolute Gasteiger partial charge is 0.345 e. The molecule has 0 amide bonds. The van der Waals surface area contributed by atoms with Gasteiger partial charge >= 0.3 is 5.69 Å². The normalized spacial score (nSPS) is 13.9. The average molecular weight is 300 g/mol. The molecule has 3 rings (SSSR count). The first-order chi connectivity index (χ1) is 10.5. The highest BCUT2D eigenvalue weighted by Gasteiger charge is 2.19. The molecule has 0 saturated heterocycles. The molecule has 5 heteroatoms. The van der Waals surface area contributed by atoms with Crippen molar-refractivity contribution in [3.05, 3.63) is 50.7 Å². The third-order valence-corrected chi connectivity index (χ3v) is 4.53. The highest BCUT2D eigenvalue weighted by molar-refractivity contribution is 5.39. The second kappa shape index (κ2) is 5.72. The molecule has 2 heterocycles. The van der Waals surface area contributed by atoms with Crippen LogP contribution in [-0.2, 0) is 25.9 Å². The van der Waals surface area contributed by atoms with Crippen LogP contribution in [0, 0.1) is 13.8 Å². The van der Waals surface area contributed by atoms with Gasteiger partial charge in [0.15, 0.2) is 0 Å². The lowest BCUT2D eigenvalue weighted by atomic mass is 9.96. The van der Waals surface area contributed by atoms with Crippen LogP contribution < -0.4 is 5.69 Å². The molecule has 118 valence electrons. The predicted octanol–water partition coefficient (Wildman–Crippen LogP) is 1.37. The standard InChI is InChI=1S/C17H24N4O/c1-12-9-14-5-6-20-16(11-15(14)10-13(12)2)18-21(17(20)22)8-7-19(3)4/h9-10H,5-8,11H2,1-4H3. The van der Waals surface area contributed by atoms with Crippen molar-refractivity contribution in [3.63, 3.8) is 0 Å². The molecular weight excluding hydrogens is 276 g/mol. The average Bonchev–Trinajstić information content (AvgIpc) is 2.63. The van der Waals surface area contributed by atoms with Crippen molar-refractivity contribution in [1.82, 2.24) is 19.2 Å². The Balaban J connectivity index is 1.95. The van der Waals surface area contributed by atoms with Crippen molar-refractivity contribution in [2.24, 2.45) is 0 Å². The van der Waals surface area contributed by atoms with Crippen LogP contribution in [0.2, 0.25) is 0 Å². The summed E-state index contributed by atoms with van der Waals surface area (Å²) >= 11 is 0. The molecule has 0 unspecified atom stereocenters. The molecule has 22 heavy (non-hydrogen) atoms. The summed E-state index contributed by atoms with van der Waals surface area (Å²) in [6, 6.07) is 4.52. The molecule has 0 atom stereocenters. The summed E-state index contributed by atoms with van der Waals surface area (Å²) in [4.78, 5) is 14.6. The van der Waals surface area contributed by atoms with Gasteiger partial charge in [0.2, 0.25) is 0 Å². The van der Waals surface area contributed by atoms with E-state index in [-0.39, 0.29) is 5.69 Å². The number of likely N-dealkylation sites (N-methyl/N-ethyl adjacent to an activating group) is 1. The van der Waals surface area contributed by atoms with Crippen molar-refractivity contribution < 1.29 is 0 Å². The fourth-order valence-electron chi connectivity index (χ4n) is 3.02. The van der Waals surface area contributed by atoms with E-state index in [1.807, 2.05) is 18.7 Å². The van der Waals surface area contributed by atoms with Crippen LogP contribution in [-0.4, -0.2) is 39.9 Å². The first-order valence-electron chi connectivity index (χ1n) is 7.86. The maximum absolute atomic E-state index is 12.5. The SMILES string of the molecule is Cc1cc2c(cc1C)Cc1nn(CCN(C)C)c(=O)n1CC2. The van der Waals surface area contributed by atoms with Crippen LogP contribution in [0.15, 0.2) is 16.9 Å². The molecular formula is C17H24N4O. The van der Waals surface area contributed by atoms with E-state index in [1.54, 1.807) is 4.68 Å². The van der Waals surface area contributed by atoms with E-state index in [2.05, 4.69) is 36.0 Å². The first kappa shape index (κ1) is 15.0. The summed E-state index contributed by atoms with van der Waals surface area (Å²) < 4.78 is 3.46. The quantitative estimate of drug-likeness (QED) is 0.860. The zero-order chi connectivity index (χ0) is 15.9. The highest BCUT2D eigenvalue weighted by Crippen LogP contribution is 2.22. The molecule has 1 aliphatic rings. The Bertz CT molecular complexity index is 755. The van der Waals surface area contributed by atoms with Gasteiger partial charge in [-0.25, -0.2) is 9.48 Å². The maximum Gasteiger partial charge on any atom is 0.345 e. The Kier molecular flexibility index (Phi) is 3.91.